The van der Waals surface area contributed by atoms with Crippen LogP contribution >= 0.6 is 11.8 Å². The van der Waals surface area contributed by atoms with Gasteiger partial charge in [-0.05, 0) is 61.0 Å². The van der Waals surface area contributed by atoms with E-state index in [0.717, 1.165) is 0 Å². The lowest BCUT2D eigenvalue weighted by Crippen LogP contribution is -2.30. The van der Waals surface area contributed by atoms with Crippen LogP contribution in [-0.4, -0.2) is 27.9 Å². The largest absolute Gasteiger partial charge is 0.325 e. The molecule has 4 aromatic rings. The molecule has 4 rings (SSSR count). The van der Waals surface area contributed by atoms with Crippen LogP contribution in [0.5, 0.6) is 0 Å². The number of carbonyl (C=O) groups is 3. The number of nitrogens with zero attached hydrogens (tertiary/aromatic N) is 1. The van der Waals surface area contributed by atoms with E-state index in [-0.39, 0.29) is 22.9 Å². The molecule has 0 saturated carbocycles. The van der Waals surface area contributed by atoms with Crippen molar-refractivity contribution in [2.75, 3.05) is 10.6 Å². The number of nitro benzene ring substituents is 1. The molecule has 0 aliphatic heterocycles. The third-order valence-corrected chi connectivity index (χ3v) is 7.47. The smallest absolute Gasteiger partial charge is 0.272 e. The Kier molecular flexibility index (Phi) is 10.4. The Morgan fingerprint density at radius 1 is 0.884 bits per heavy atom. The van der Waals surface area contributed by atoms with E-state index in [1.165, 1.54) is 60.3 Å². The summed E-state index contributed by atoms with van der Waals surface area (Å²) in [4.78, 5) is 50.2. The fourth-order valence-electron chi connectivity index (χ4n) is 3.91. The summed E-state index contributed by atoms with van der Waals surface area (Å²) in [5.41, 5.74) is 1.04. The number of nitrogens with one attached hydrogen (secondary N) is 3. The molecule has 0 heterocycles. The Morgan fingerprint density at radius 3 is 2.26 bits per heavy atom. The molecule has 0 spiro atoms. The maximum atomic E-state index is 14.4. The number of thioether (sulfide) groups is 1. The predicted octanol–water partition coefficient (Wildman–Crippen LogP) is 6.65. The van der Waals surface area contributed by atoms with Crippen molar-refractivity contribution in [3.8, 4) is 0 Å². The summed E-state index contributed by atoms with van der Waals surface area (Å²) < 4.78 is 14.4. The molecule has 1 atom stereocenters. The molecule has 0 aliphatic carbocycles. The molecule has 4 aromatic carbocycles. The normalized spacial score (nSPS) is 11.7. The third-order valence-electron chi connectivity index (χ3n) is 6.11. The highest BCUT2D eigenvalue weighted by molar-refractivity contribution is 8.00. The van der Waals surface area contributed by atoms with Gasteiger partial charge in [0.05, 0.1) is 10.2 Å². The van der Waals surface area contributed by atoms with Gasteiger partial charge in [0.2, 0.25) is 5.91 Å². The zero-order chi connectivity index (χ0) is 30.8. The molecule has 43 heavy (non-hydrogen) atoms. The average molecular weight is 599 g/mol. The van der Waals surface area contributed by atoms with Crippen molar-refractivity contribution in [3.63, 3.8) is 0 Å². The lowest BCUT2D eigenvalue weighted by atomic mass is 10.1. The highest BCUT2D eigenvalue weighted by Crippen LogP contribution is 2.29. The summed E-state index contributed by atoms with van der Waals surface area (Å²) in [6.07, 6.45) is 1.75. The van der Waals surface area contributed by atoms with Crippen molar-refractivity contribution in [1.82, 2.24) is 5.32 Å². The number of non-ortho nitro benzene ring substituents is 1. The predicted molar refractivity (Wildman–Crippen MR) is 165 cm³/mol. The van der Waals surface area contributed by atoms with Crippen molar-refractivity contribution < 1.29 is 23.7 Å². The maximum Gasteiger partial charge on any atom is 0.272 e. The number of halogens is 1. The highest BCUT2D eigenvalue weighted by atomic mass is 32.2. The topological polar surface area (TPSA) is 130 Å². The van der Waals surface area contributed by atoms with Crippen molar-refractivity contribution >= 4 is 52.6 Å². The minimum atomic E-state index is -0.669. The Balaban J connectivity index is 1.49. The Hall–Kier alpha value is -5.29. The second-order valence-electron chi connectivity index (χ2n) is 9.19. The van der Waals surface area contributed by atoms with Crippen molar-refractivity contribution in [2.45, 2.75) is 23.5 Å². The van der Waals surface area contributed by atoms with Gasteiger partial charge in [0.15, 0.2) is 0 Å². The number of amides is 3. The van der Waals surface area contributed by atoms with E-state index in [4.69, 9.17) is 0 Å². The number of nitro groups is 1. The number of anilines is 2. The Labute approximate surface area is 251 Å². The minimum absolute atomic E-state index is 0.0789. The lowest BCUT2D eigenvalue weighted by Gasteiger charge is -2.16. The number of hydrogen-bond donors (Lipinski definition) is 3. The summed E-state index contributed by atoms with van der Waals surface area (Å²) in [5, 5.41) is 18.5. The molecule has 218 valence electrons. The summed E-state index contributed by atoms with van der Waals surface area (Å²) >= 11 is 1.28. The molecular weight excluding hydrogens is 571 g/mol. The lowest BCUT2D eigenvalue weighted by molar-refractivity contribution is -0.384. The first kappa shape index (κ1) is 30.7. The number of benzene rings is 4. The first-order chi connectivity index (χ1) is 20.7. The van der Waals surface area contributed by atoms with E-state index in [2.05, 4.69) is 16.0 Å². The van der Waals surface area contributed by atoms with Gasteiger partial charge in [-0.15, -0.1) is 11.8 Å². The fourth-order valence-corrected chi connectivity index (χ4v) is 4.92. The second-order valence-corrected chi connectivity index (χ2v) is 10.5. The number of carbonyl (C=O) groups excluding carboxylic acids is 3. The molecule has 0 aromatic heterocycles. The van der Waals surface area contributed by atoms with Gasteiger partial charge in [-0.25, -0.2) is 4.39 Å². The summed E-state index contributed by atoms with van der Waals surface area (Å²) in [6, 6.07) is 26.6. The van der Waals surface area contributed by atoms with Crippen LogP contribution in [-0.2, 0) is 9.59 Å². The Bertz CT molecular complexity index is 1660. The van der Waals surface area contributed by atoms with E-state index in [1.54, 1.807) is 60.7 Å². The van der Waals surface area contributed by atoms with Crippen LogP contribution in [0.15, 0.2) is 114 Å². The van der Waals surface area contributed by atoms with E-state index >= 15 is 0 Å². The second kappa shape index (κ2) is 14.6. The van der Waals surface area contributed by atoms with Crippen LogP contribution in [0.2, 0.25) is 0 Å². The third kappa shape index (κ3) is 8.60. The van der Waals surface area contributed by atoms with Crippen LogP contribution in [0.1, 0.15) is 29.3 Å². The number of hydrogen-bond acceptors (Lipinski definition) is 6. The van der Waals surface area contributed by atoms with Gasteiger partial charge in [0.1, 0.15) is 11.5 Å². The van der Waals surface area contributed by atoms with Gasteiger partial charge in [-0.1, -0.05) is 49.4 Å². The van der Waals surface area contributed by atoms with Crippen molar-refractivity contribution in [2.24, 2.45) is 0 Å². The van der Waals surface area contributed by atoms with Crippen LogP contribution < -0.4 is 16.0 Å². The van der Waals surface area contributed by atoms with E-state index in [0.29, 0.717) is 28.3 Å². The van der Waals surface area contributed by atoms with Gasteiger partial charge in [0.25, 0.3) is 17.5 Å². The number of rotatable bonds is 11. The molecule has 1 unspecified atom stereocenters. The fraction of sp³-hybridized carbons (Fsp3) is 0.0938. The van der Waals surface area contributed by atoms with Crippen LogP contribution in [0.25, 0.3) is 6.08 Å². The first-order valence-electron chi connectivity index (χ1n) is 13.2. The van der Waals surface area contributed by atoms with Gasteiger partial charge in [-0.2, -0.15) is 0 Å². The molecule has 11 heteroatoms. The van der Waals surface area contributed by atoms with E-state index < -0.39 is 27.8 Å². The van der Waals surface area contributed by atoms with Crippen LogP contribution in [0.3, 0.4) is 0 Å². The molecule has 3 N–H and O–H groups in total. The zero-order valence-corrected chi connectivity index (χ0v) is 23.8. The van der Waals surface area contributed by atoms with E-state index in [1.807, 2.05) is 6.92 Å². The Morgan fingerprint density at radius 2 is 1.58 bits per heavy atom. The molecule has 9 nitrogen and oxygen atoms in total. The van der Waals surface area contributed by atoms with Gasteiger partial charge in [-0.3, -0.25) is 24.5 Å². The zero-order valence-electron chi connectivity index (χ0n) is 23.0. The molecule has 0 bridgehead atoms. The highest BCUT2D eigenvalue weighted by Gasteiger charge is 2.20. The van der Waals surface area contributed by atoms with E-state index in [9.17, 15) is 28.9 Å². The molecule has 0 aliphatic rings. The molecule has 0 fully saturated rings. The quantitative estimate of drug-likeness (QED) is 0.0767. The van der Waals surface area contributed by atoms with Crippen molar-refractivity contribution in [3.05, 3.63) is 136 Å². The van der Waals surface area contributed by atoms with Crippen LogP contribution in [0.4, 0.5) is 21.5 Å². The molecule has 3 amide bonds. The standard InChI is InChI=1S/C32H27FN4O5S/c1-2-29(32(40)34-23-15-17-25(18-16-23)37(41)42)43-26-13-8-12-24(20-26)35-31(39)28(19-22-11-6-7-14-27(22)33)36-30(38)21-9-4-3-5-10-21/h3-20,29H,2H2,1H3,(H,34,40)(H,35,39)(H,36,38)/b28-19-. The summed E-state index contributed by atoms with van der Waals surface area (Å²) in [6.45, 7) is 1.86. The summed E-state index contributed by atoms with van der Waals surface area (Å²) in [5.74, 6) is -2.04. The molecule has 0 radical (unpaired) electrons. The van der Waals surface area contributed by atoms with Gasteiger partial charge in [0, 0.05) is 39.5 Å². The molecule has 0 saturated heterocycles. The maximum absolute atomic E-state index is 14.4. The minimum Gasteiger partial charge on any atom is -0.325 e. The summed E-state index contributed by atoms with van der Waals surface area (Å²) in [7, 11) is 0. The van der Waals surface area contributed by atoms with Gasteiger partial charge >= 0.3 is 0 Å². The monoisotopic (exact) mass is 598 g/mol. The average Bonchev–Trinajstić information content (AvgIpc) is 3.01. The van der Waals surface area contributed by atoms with Gasteiger partial charge < -0.3 is 16.0 Å². The van der Waals surface area contributed by atoms with Crippen LogP contribution in [0, 0.1) is 15.9 Å². The SMILES string of the molecule is CCC(Sc1cccc(NC(=O)/C(=C/c2ccccc2F)NC(=O)c2ccccc2)c1)C(=O)Nc1ccc([N+](=O)[O-])cc1. The van der Waals surface area contributed by atoms with Crippen molar-refractivity contribution in [1.29, 1.82) is 0 Å². The first-order valence-corrected chi connectivity index (χ1v) is 14.1. The molecular formula is C32H27FN4O5S.